The Hall–Kier alpha value is -3.15. The number of methoxy groups -OCH3 is 1. The highest BCUT2D eigenvalue weighted by atomic mass is 16.5. The number of carboxylic acid groups (broad SMARTS) is 2. The van der Waals surface area contributed by atoms with Crippen LogP contribution in [0.25, 0.3) is 11.1 Å². The third-order valence-corrected chi connectivity index (χ3v) is 3.71. The summed E-state index contributed by atoms with van der Waals surface area (Å²) >= 11 is 0. The first-order valence-electron chi connectivity index (χ1n) is 7.21. The van der Waals surface area contributed by atoms with Crippen molar-refractivity contribution in [1.82, 2.24) is 0 Å². The lowest BCUT2D eigenvalue weighted by Crippen LogP contribution is -2.10. The predicted octanol–water partition coefficient (Wildman–Crippen LogP) is 3.10. The molecular weight excluding hydrogens is 312 g/mol. The van der Waals surface area contributed by atoms with Crippen LogP contribution in [-0.4, -0.2) is 35.2 Å². The molecule has 6 heteroatoms. The Morgan fingerprint density at radius 1 is 0.875 bits per heavy atom. The monoisotopic (exact) mass is 328 g/mol. The number of hydrogen-bond acceptors (Lipinski definition) is 4. The first-order chi connectivity index (χ1) is 11.4. The summed E-state index contributed by atoms with van der Waals surface area (Å²) in [5.41, 5.74) is 1.97. The second kappa shape index (κ2) is 6.95. The fraction of sp³-hybridized carbons (Fsp3) is 0.167. The van der Waals surface area contributed by atoms with Crippen LogP contribution in [0.15, 0.2) is 36.4 Å². The zero-order valence-corrected chi connectivity index (χ0v) is 13.2. The van der Waals surface area contributed by atoms with Gasteiger partial charge >= 0.3 is 17.9 Å². The Morgan fingerprint density at radius 3 is 1.92 bits per heavy atom. The average Bonchev–Trinajstić information content (AvgIpc) is 2.59. The summed E-state index contributed by atoms with van der Waals surface area (Å²) in [6.45, 7) is 1.85. The van der Waals surface area contributed by atoms with Gasteiger partial charge in [-0.1, -0.05) is 25.1 Å². The number of aromatic carboxylic acids is 2. The van der Waals surface area contributed by atoms with Crippen LogP contribution in [-0.2, 0) is 11.2 Å². The number of carboxylic acids is 2. The van der Waals surface area contributed by atoms with Gasteiger partial charge in [-0.15, -0.1) is 0 Å². The quantitative estimate of drug-likeness (QED) is 0.818. The highest BCUT2D eigenvalue weighted by molar-refractivity contribution is 6.03. The molecule has 0 saturated carbocycles. The van der Waals surface area contributed by atoms with Crippen LogP contribution in [0.5, 0.6) is 0 Å². The zero-order valence-electron chi connectivity index (χ0n) is 13.2. The molecule has 124 valence electrons. The largest absolute Gasteiger partial charge is 0.478 e. The van der Waals surface area contributed by atoms with Gasteiger partial charge in [-0.05, 0) is 41.3 Å². The first kappa shape index (κ1) is 17.2. The molecule has 2 rings (SSSR count). The number of carbonyl (C=O) groups is 3. The lowest BCUT2D eigenvalue weighted by molar-refractivity contribution is 0.0582. The number of rotatable bonds is 5. The Labute approximate surface area is 138 Å². The van der Waals surface area contributed by atoms with Gasteiger partial charge in [-0.25, -0.2) is 14.4 Å². The molecule has 0 radical (unpaired) electrons. The van der Waals surface area contributed by atoms with E-state index in [1.807, 2.05) is 6.92 Å². The molecule has 0 heterocycles. The lowest BCUT2D eigenvalue weighted by atomic mass is 9.95. The number of benzene rings is 2. The molecule has 0 aromatic heterocycles. The summed E-state index contributed by atoms with van der Waals surface area (Å²) in [7, 11) is 1.18. The Balaban J connectivity index is 2.59. The maximum Gasteiger partial charge on any atom is 0.338 e. The minimum atomic E-state index is -1.22. The summed E-state index contributed by atoms with van der Waals surface area (Å²) in [6, 6.07) is 9.19. The van der Waals surface area contributed by atoms with E-state index < -0.39 is 17.9 Å². The third-order valence-electron chi connectivity index (χ3n) is 3.71. The van der Waals surface area contributed by atoms with Crippen LogP contribution in [0.1, 0.15) is 43.6 Å². The molecule has 0 fully saturated rings. The molecule has 24 heavy (non-hydrogen) atoms. The Kier molecular flexibility index (Phi) is 4.99. The molecule has 0 bridgehead atoms. The highest BCUT2D eigenvalue weighted by Crippen LogP contribution is 2.26. The maximum atomic E-state index is 11.8. The Morgan fingerprint density at radius 2 is 1.42 bits per heavy atom. The molecule has 6 nitrogen and oxygen atoms in total. The second-order valence-electron chi connectivity index (χ2n) is 5.09. The van der Waals surface area contributed by atoms with Crippen LogP contribution in [0.2, 0.25) is 0 Å². The topological polar surface area (TPSA) is 101 Å². The van der Waals surface area contributed by atoms with E-state index in [1.54, 1.807) is 18.2 Å². The molecule has 2 N–H and O–H groups in total. The van der Waals surface area contributed by atoms with Crippen LogP contribution in [0.4, 0.5) is 0 Å². The molecule has 0 aliphatic carbocycles. The smallest absolute Gasteiger partial charge is 0.338 e. The molecule has 0 aliphatic rings. The van der Waals surface area contributed by atoms with Gasteiger partial charge in [0.05, 0.1) is 23.8 Å². The SMILES string of the molecule is CCc1cc(-c2ccc(C(=O)O)c(C(=O)OC)c2)ccc1C(=O)O. The fourth-order valence-electron chi connectivity index (χ4n) is 2.46. The van der Waals surface area contributed by atoms with Crippen molar-refractivity contribution in [2.45, 2.75) is 13.3 Å². The van der Waals surface area contributed by atoms with Gasteiger partial charge in [0.1, 0.15) is 0 Å². The van der Waals surface area contributed by atoms with Gasteiger partial charge < -0.3 is 14.9 Å². The third kappa shape index (κ3) is 3.27. The van der Waals surface area contributed by atoms with Crippen molar-refractivity contribution in [3.8, 4) is 11.1 Å². The van der Waals surface area contributed by atoms with E-state index in [4.69, 9.17) is 0 Å². The standard InChI is InChI=1S/C18H16O6/c1-3-10-8-11(4-6-13(10)16(19)20)12-5-7-14(17(21)22)15(9-12)18(23)24-2/h4-9H,3H2,1-2H3,(H,19,20)(H,21,22). The predicted molar refractivity (Wildman–Crippen MR) is 86.5 cm³/mol. The minimum absolute atomic E-state index is 0.0529. The molecule has 0 spiro atoms. The van der Waals surface area contributed by atoms with Crippen molar-refractivity contribution in [3.63, 3.8) is 0 Å². The van der Waals surface area contributed by atoms with Crippen molar-refractivity contribution in [2.24, 2.45) is 0 Å². The maximum absolute atomic E-state index is 11.8. The summed E-state index contributed by atoms with van der Waals surface area (Å²) in [5, 5.41) is 18.4. The van der Waals surface area contributed by atoms with Crippen LogP contribution >= 0.6 is 0 Å². The molecule has 2 aromatic carbocycles. The van der Waals surface area contributed by atoms with E-state index in [9.17, 15) is 24.6 Å². The van der Waals surface area contributed by atoms with Gasteiger partial charge in [-0.3, -0.25) is 0 Å². The van der Waals surface area contributed by atoms with Crippen LogP contribution in [0.3, 0.4) is 0 Å². The molecule has 0 saturated heterocycles. The van der Waals surface area contributed by atoms with Gasteiger partial charge in [0, 0.05) is 0 Å². The van der Waals surface area contributed by atoms with Crippen LogP contribution in [0, 0.1) is 0 Å². The van der Waals surface area contributed by atoms with E-state index in [0.717, 1.165) is 0 Å². The molecule has 0 unspecified atom stereocenters. The van der Waals surface area contributed by atoms with E-state index in [0.29, 0.717) is 23.1 Å². The first-order valence-corrected chi connectivity index (χ1v) is 7.21. The summed E-state index contributed by atoms with van der Waals surface area (Å²) < 4.78 is 4.63. The second-order valence-corrected chi connectivity index (χ2v) is 5.09. The van der Waals surface area contributed by atoms with E-state index in [1.165, 1.54) is 25.3 Å². The number of ether oxygens (including phenoxy) is 1. The van der Waals surface area contributed by atoms with Crippen molar-refractivity contribution in [2.75, 3.05) is 7.11 Å². The van der Waals surface area contributed by atoms with E-state index in [-0.39, 0.29) is 16.7 Å². The summed E-state index contributed by atoms with van der Waals surface area (Å²) in [4.78, 5) is 34.3. The average molecular weight is 328 g/mol. The van der Waals surface area contributed by atoms with Crippen molar-refractivity contribution in [3.05, 3.63) is 58.7 Å². The normalized spacial score (nSPS) is 10.2. The fourth-order valence-corrected chi connectivity index (χ4v) is 2.46. The van der Waals surface area contributed by atoms with Crippen LogP contribution < -0.4 is 0 Å². The minimum Gasteiger partial charge on any atom is -0.478 e. The van der Waals surface area contributed by atoms with Gasteiger partial charge in [0.25, 0.3) is 0 Å². The molecule has 2 aromatic rings. The molecule has 0 amide bonds. The summed E-state index contributed by atoms with van der Waals surface area (Å²) in [6.07, 6.45) is 0.534. The summed E-state index contributed by atoms with van der Waals surface area (Å²) in [5.74, 6) is -2.97. The highest BCUT2D eigenvalue weighted by Gasteiger charge is 2.18. The van der Waals surface area contributed by atoms with Gasteiger partial charge in [-0.2, -0.15) is 0 Å². The number of carbonyl (C=O) groups excluding carboxylic acids is 1. The number of aryl methyl sites for hydroxylation is 1. The molecule has 0 atom stereocenters. The van der Waals surface area contributed by atoms with Gasteiger partial charge in [0.15, 0.2) is 0 Å². The van der Waals surface area contributed by atoms with Gasteiger partial charge in [0.2, 0.25) is 0 Å². The van der Waals surface area contributed by atoms with E-state index in [2.05, 4.69) is 4.74 Å². The van der Waals surface area contributed by atoms with Crippen molar-refractivity contribution >= 4 is 17.9 Å². The number of esters is 1. The van der Waals surface area contributed by atoms with Crippen molar-refractivity contribution in [1.29, 1.82) is 0 Å². The molecule has 0 aliphatic heterocycles. The lowest BCUT2D eigenvalue weighted by Gasteiger charge is -2.10. The number of hydrogen-bond donors (Lipinski definition) is 2. The van der Waals surface area contributed by atoms with Crippen molar-refractivity contribution < 1.29 is 29.3 Å². The molecular formula is C18H16O6. The zero-order chi connectivity index (χ0) is 17.9. The van der Waals surface area contributed by atoms with E-state index >= 15 is 0 Å². The Bertz CT molecular complexity index is 822.